The number of carbonyl (C=O) groups is 2. The van der Waals surface area contributed by atoms with E-state index in [1.807, 2.05) is 32.0 Å². The number of fused-ring (bicyclic) bond motifs is 1. The second-order valence-electron chi connectivity index (χ2n) is 6.20. The van der Waals surface area contributed by atoms with Crippen molar-refractivity contribution >= 4 is 47.3 Å². The van der Waals surface area contributed by atoms with Gasteiger partial charge in [-0.05, 0) is 30.0 Å². The molecule has 0 aliphatic rings. The highest BCUT2D eigenvalue weighted by Gasteiger charge is 2.25. The van der Waals surface area contributed by atoms with E-state index in [0.29, 0.717) is 18.1 Å². The standard InChI is InChI=1S/C16H21N3O3S2/c1-9(2)5-11(8-23)15(20)17-14(16(21)22)7-10-3-4-12-13(6-10)19-24-18-12/h3-4,6,9,11,14,23H,5,7-8H2,1-2H3,(H,17,20)(H,21,22)/t11-,14+/m1/s1. The summed E-state index contributed by atoms with van der Waals surface area (Å²) in [5.41, 5.74) is 2.32. The maximum Gasteiger partial charge on any atom is 0.326 e. The van der Waals surface area contributed by atoms with Crippen LogP contribution < -0.4 is 5.32 Å². The number of amides is 1. The van der Waals surface area contributed by atoms with Gasteiger partial charge in [-0.1, -0.05) is 19.9 Å². The van der Waals surface area contributed by atoms with Gasteiger partial charge in [0.25, 0.3) is 0 Å². The number of benzene rings is 1. The Balaban J connectivity index is 2.08. The smallest absolute Gasteiger partial charge is 0.326 e. The van der Waals surface area contributed by atoms with E-state index in [1.54, 1.807) is 0 Å². The summed E-state index contributed by atoms with van der Waals surface area (Å²) in [5, 5.41) is 12.1. The minimum Gasteiger partial charge on any atom is -0.480 e. The topological polar surface area (TPSA) is 92.2 Å². The van der Waals surface area contributed by atoms with Crippen LogP contribution in [0.15, 0.2) is 18.2 Å². The van der Waals surface area contributed by atoms with Gasteiger partial charge in [0.05, 0.1) is 11.7 Å². The van der Waals surface area contributed by atoms with E-state index in [9.17, 15) is 14.7 Å². The number of aromatic nitrogens is 2. The lowest BCUT2D eigenvalue weighted by Crippen LogP contribution is -2.45. The van der Waals surface area contributed by atoms with Crippen molar-refractivity contribution < 1.29 is 14.7 Å². The quantitative estimate of drug-likeness (QED) is 0.623. The molecular weight excluding hydrogens is 346 g/mol. The minimum absolute atomic E-state index is 0.204. The van der Waals surface area contributed by atoms with E-state index >= 15 is 0 Å². The average molecular weight is 367 g/mol. The van der Waals surface area contributed by atoms with Crippen LogP contribution in [-0.4, -0.2) is 37.5 Å². The predicted molar refractivity (Wildman–Crippen MR) is 97.5 cm³/mol. The number of aliphatic carboxylic acids is 1. The molecule has 0 saturated heterocycles. The molecule has 0 radical (unpaired) electrons. The number of carboxylic acid groups (broad SMARTS) is 1. The van der Waals surface area contributed by atoms with Gasteiger partial charge >= 0.3 is 5.97 Å². The molecule has 2 aromatic rings. The molecule has 8 heteroatoms. The van der Waals surface area contributed by atoms with Crippen LogP contribution in [0.2, 0.25) is 0 Å². The number of thiol groups is 1. The summed E-state index contributed by atoms with van der Waals surface area (Å²) in [5.74, 6) is -0.867. The fraction of sp³-hybridized carbons (Fsp3) is 0.500. The number of nitrogens with one attached hydrogen (secondary N) is 1. The molecule has 1 heterocycles. The molecule has 0 aliphatic carbocycles. The van der Waals surface area contributed by atoms with Crippen molar-refractivity contribution in [2.24, 2.45) is 11.8 Å². The van der Waals surface area contributed by atoms with E-state index < -0.39 is 12.0 Å². The summed E-state index contributed by atoms with van der Waals surface area (Å²) in [6.45, 7) is 4.05. The van der Waals surface area contributed by atoms with Gasteiger partial charge < -0.3 is 10.4 Å². The predicted octanol–water partition coefficient (Wildman–Crippen LogP) is 2.40. The van der Waals surface area contributed by atoms with E-state index in [0.717, 1.165) is 28.3 Å². The summed E-state index contributed by atoms with van der Waals surface area (Å²) in [7, 11) is 0. The normalized spacial score (nSPS) is 13.8. The monoisotopic (exact) mass is 367 g/mol. The molecule has 0 spiro atoms. The Morgan fingerprint density at radius 1 is 1.29 bits per heavy atom. The van der Waals surface area contributed by atoms with Crippen LogP contribution in [0.1, 0.15) is 25.8 Å². The lowest BCUT2D eigenvalue weighted by molar-refractivity contribution is -0.142. The Morgan fingerprint density at radius 3 is 2.62 bits per heavy atom. The third kappa shape index (κ3) is 4.91. The van der Waals surface area contributed by atoms with E-state index in [2.05, 4.69) is 26.7 Å². The molecule has 2 atom stereocenters. The molecule has 0 unspecified atom stereocenters. The van der Waals surface area contributed by atoms with Gasteiger partial charge in [0, 0.05) is 18.1 Å². The Bertz CT molecular complexity index is 717. The van der Waals surface area contributed by atoms with Crippen molar-refractivity contribution in [3.63, 3.8) is 0 Å². The zero-order valence-corrected chi connectivity index (χ0v) is 15.3. The molecule has 24 heavy (non-hydrogen) atoms. The third-order valence-corrected chi connectivity index (χ3v) is 4.72. The first-order chi connectivity index (χ1) is 11.4. The van der Waals surface area contributed by atoms with Crippen molar-refractivity contribution in [1.29, 1.82) is 0 Å². The molecule has 6 nitrogen and oxygen atoms in total. The van der Waals surface area contributed by atoms with Crippen LogP contribution in [0, 0.1) is 11.8 Å². The molecule has 130 valence electrons. The number of carboxylic acids is 1. The Kier molecular flexibility index (Phi) is 6.56. The average Bonchev–Trinajstić information content (AvgIpc) is 2.99. The van der Waals surface area contributed by atoms with Gasteiger partial charge in [-0.2, -0.15) is 21.4 Å². The van der Waals surface area contributed by atoms with Crippen molar-refractivity contribution in [1.82, 2.24) is 14.1 Å². The van der Waals surface area contributed by atoms with Gasteiger partial charge in [0.1, 0.15) is 17.1 Å². The van der Waals surface area contributed by atoms with E-state index in [4.69, 9.17) is 0 Å². The molecule has 0 fully saturated rings. The first-order valence-electron chi connectivity index (χ1n) is 7.76. The first-order valence-corrected chi connectivity index (χ1v) is 9.12. The minimum atomic E-state index is -1.05. The van der Waals surface area contributed by atoms with Crippen LogP contribution >= 0.6 is 24.4 Å². The highest BCUT2D eigenvalue weighted by molar-refractivity contribution is 7.80. The SMILES string of the molecule is CC(C)C[C@H](CS)C(=O)N[C@@H](Cc1ccc2nsnc2c1)C(=O)O. The van der Waals surface area contributed by atoms with Crippen LogP contribution in [0.5, 0.6) is 0 Å². The fourth-order valence-corrected chi connectivity index (χ4v) is 3.35. The lowest BCUT2D eigenvalue weighted by atomic mass is 9.97. The molecule has 2 rings (SSSR count). The van der Waals surface area contributed by atoms with Crippen molar-refractivity contribution in [2.75, 3.05) is 5.75 Å². The van der Waals surface area contributed by atoms with Crippen LogP contribution in [-0.2, 0) is 16.0 Å². The second-order valence-corrected chi connectivity index (χ2v) is 7.09. The van der Waals surface area contributed by atoms with Gasteiger partial charge in [0.15, 0.2) is 0 Å². The highest BCUT2D eigenvalue weighted by Crippen LogP contribution is 2.16. The molecule has 0 bridgehead atoms. The lowest BCUT2D eigenvalue weighted by Gasteiger charge is -2.20. The number of rotatable bonds is 8. The van der Waals surface area contributed by atoms with Crippen LogP contribution in [0.3, 0.4) is 0 Å². The van der Waals surface area contributed by atoms with Crippen LogP contribution in [0.25, 0.3) is 11.0 Å². The maximum absolute atomic E-state index is 12.3. The zero-order valence-electron chi connectivity index (χ0n) is 13.6. The number of carbonyl (C=O) groups excluding carboxylic acids is 1. The number of hydrogen-bond acceptors (Lipinski definition) is 6. The molecular formula is C16H21N3O3S2. The van der Waals surface area contributed by atoms with Crippen molar-refractivity contribution in [2.45, 2.75) is 32.7 Å². The molecule has 0 saturated carbocycles. The van der Waals surface area contributed by atoms with Gasteiger partial charge in [0.2, 0.25) is 5.91 Å². The highest BCUT2D eigenvalue weighted by atomic mass is 32.1. The zero-order chi connectivity index (χ0) is 17.7. The second kappa shape index (κ2) is 8.43. The fourth-order valence-electron chi connectivity index (χ4n) is 2.51. The first kappa shape index (κ1) is 18.7. The van der Waals surface area contributed by atoms with Crippen molar-refractivity contribution in [3.05, 3.63) is 23.8 Å². The summed E-state index contributed by atoms with van der Waals surface area (Å²) < 4.78 is 8.27. The van der Waals surface area contributed by atoms with E-state index in [1.165, 1.54) is 0 Å². The molecule has 2 N–H and O–H groups in total. The summed E-state index contributed by atoms with van der Waals surface area (Å²) in [6, 6.07) is 4.46. The summed E-state index contributed by atoms with van der Waals surface area (Å²) in [4.78, 5) is 23.9. The summed E-state index contributed by atoms with van der Waals surface area (Å²) >= 11 is 5.33. The Morgan fingerprint density at radius 2 is 2.00 bits per heavy atom. The molecule has 0 aliphatic heterocycles. The molecule has 1 aromatic heterocycles. The largest absolute Gasteiger partial charge is 0.480 e. The number of hydrogen-bond donors (Lipinski definition) is 3. The van der Waals surface area contributed by atoms with Gasteiger partial charge in [-0.25, -0.2) is 4.79 Å². The maximum atomic E-state index is 12.3. The summed E-state index contributed by atoms with van der Waals surface area (Å²) in [6.07, 6.45) is 0.883. The molecule has 1 aromatic carbocycles. The molecule has 1 amide bonds. The number of nitrogens with zero attached hydrogens (tertiary/aromatic N) is 2. The van der Waals surface area contributed by atoms with E-state index in [-0.39, 0.29) is 18.2 Å². The Labute approximate surface area is 150 Å². The Hall–Kier alpha value is -1.67. The third-order valence-electron chi connectivity index (χ3n) is 3.72. The van der Waals surface area contributed by atoms with Gasteiger partial charge in [-0.15, -0.1) is 0 Å². The van der Waals surface area contributed by atoms with Crippen molar-refractivity contribution in [3.8, 4) is 0 Å². The van der Waals surface area contributed by atoms with Gasteiger partial charge in [-0.3, -0.25) is 4.79 Å². The van der Waals surface area contributed by atoms with Crippen LogP contribution in [0.4, 0.5) is 0 Å².